The van der Waals surface area contributed by atoms with Crippen LogP contribution in [0.25, 0.3) is 11.0 Å². The molecule has 0 saturated carbocycles. The van der Waals surface area contributed by atoms with Gasteiger partial charge in [0.25, 0.3) is 0 Å². The second kappa shape index (κ2) is 7.72. The Bertz CT molecular complexity index is 1090. The average molecular weight is 415 g/mol. The van der Waals surface area contributed by atoms with Crippen LogP contribution >= 0.6 is 34.7 Å². The lowest BCUT2D eigenvalue weighted by molar-refractivity contribution is -0.115. The van der Waals surface area contributed by atoms with E-state index in [-0.39, 0.29) is 5.91 Å². The number of hydrogen-bond donors (Lipinski definition) is 1. The molecule has 0 aliphatic rings. The first-order chi connectivity index (χ1) is 13.1. The van der Waals surface area contributed by atoms with E-state index in [9.17, 15) is 4.79 Å². The minimum Gasteiger partial charge on any atom is -0.333 e. The highest BCUT2D eigenvalue weighted by Crippen LogP contribution is 2.31. The molecular weight excluding hydrogens is 400 g/mol. The van der Waals surface area contributed by atoms with Crippen LogP contribution in [-0.2, 0) is 10.5 Å². The van der Waals surface area contributed by atoms with Crippen molar-refractivity contribution in [2.24, 2.45) is 0 Å². The van der Waals surface area contributed by atoms with E-state index >= 15 is 0 Å². The summed E-state index contributed by atoms with van der Waals surface area (Å²) < 4.78 is 0. The van der Waals surface area contributed by atoms with Gasteiger partial charge in [-0.05, 0) is 30.3 Å². The van der Waals surface area contributed by atoms with Gasteiger partial charge in [-0.1, -0.05) is 41.6 Å². The van der Waals surface area contributed by atoms with Crippen LogP contribution in [-0.4, -0.2) is 20.9 Å². The van der Waals surface area contributed by atoms with E-state index in [0.29, 0.717) is 15.9 Å². The fourth-order valence-electron chi connectivity index (χ4n) is 2.64. The number of rotatable bonds is 5. The number of H-pyrrole nitrogens is 1. The summed E-state index contributed by atoms with van der Waals surface area (Å²) >= 11 is 9.03. The normalized spacial score (nSPS) is 11.0. The second-order valence-corrected chi connectivity index (χ2v) is 8.04. The third-order valence-corrected chi connectivity index (χ3v) is 5.86. The number of para-hydroxylation sites is 1. The van der Waals surface area contributed by atoms with Crippen LogP contribution in [0.1, 0.15) is 12.6 Å². The number of thioether (sulfide) groups is 1. The van der Waals surface area contributed by atoms with Gasteiger partial charge >= 0.3 is 0 Å². The fourth-order valence-corrected chi connectivity index (χ4v) is 4.58. The maximum Gasteiger partial charge on any atom is 0.230 e. The van der Waals surface area contributed by atoms with Gasteiger partial charge in [-0.3, -0.25) is 9.69 Å². The highest BCUT2D eigenvalue weighted by Gasteiger charge is 2.17. The van der Waals surface area contributed by atoms with Crippen molar-refractivity contribution < 1.29 is 4.79 Å². The van der Waals surface area contributed by atoms with Crippen molar-refractivity contribution in [2.75, 3.05) is 4.90 Å². The van der Waals surface area contributed by atoms with E-state index < -0.39 is 0 Å². The Hall–Kier alpha value is -2.35. The molecule has 8 heteroatoms. The predicted octanol–water partition coefficient (Wildman–Crippen LogP) is 5.65. The van der Waals surface area contributed by atoms with Crippen molar-refractivity contribution in [3.8, 4) is 0 Å². The SMILES string of the molecule is CC(=O)N(c1ccccc1)c1nc(CSc2nc3ccc(Cl)cc3[nH]2)cs1. The number of carbonyl (C=O) groups is 1. The van der Waals surface area contributed by atoms with Gasteiger partial charge in [0.15, 0.2) is 10.3 Å². The molecule has 136 valence electrons. The molecule has 0 spiro atoms. The van der Waals surface area contributed by atoms with Crippen molar-refractivity contribution in [1.29, 1.82) is 0 Å². The standard InChI is InChI=1S/C19H15ClN4OS2/c1-12(25)24(15-5-3-2-4-6-15)19-21-14(11-27-19)10-26-18-22-16-8-7-13(20)9-17(16)23-18/h2-9,11H,10H2,1H3,(H,22,23). The van der Waals surface area contributed by atoms with Crippen LogP contribution in [0.4, 0.5) is 10.8 Å². The van der Waals surface area contributed by atoms with Crippen LogP contribution in [0.2, 0.25) is 5.02 Å². The molecule has 0 fully saturated rings. The number of benzene rings is 2. The number of fused-ring (bicyclic) bond motifs is 1. The molecule has 4 rings (SSSR count). The summed E-state index contributed by atoms with van der Waals surface area (Å²) in [4.78, 5) is 26.2. The first-order valence-corrected chi connectivity index (χ1v) is 10.4. The van der Waals surface area contributed by atoms with Gasteiger partial charge in [0.1, 0.15) is 0 Å². The highest BCUT2D eigenvalue weighted by molar-refractivity contribution is 7.98. The molecule has 2 aromatic heterocycles. The van der Waals surface area contributed by atoms with Gasteiger partial charge in [-0.15, -0.1) is 11.3 Å². The maximum absolute atomic E-state index is 12.1. The van der Waals surface area contributed by atoms with E-state index in [0.717, 1.165) is 27.6 Å². The summed E-state index contributed by atoms with van der Waals surface area (Å²) in [6.07, 6.45) is 0. The number of halogens is 1. The van der Waals surface area contributed by atoms with E-state index in [1.807, 2.05) is 53.9 Å². The number of aromatic amines is 1. The first kappa shape index (κ1) is 18.0. The second-order valence-electron chi connectivity index (χ2n) is 5.80. The number of carbonyl (C=O) groups excluding carboxylic acids is 1. The Kier molecular flexibility index (Phi) is 5.15. The molecule has 1 amide bonds. The van der Waals surface area contributed by atoms with Crippen molar-refractivity contribution in [2.45, 2.75) is 17.8 Å². The minimum absolute atomic E-state index is 0.0658. The Morgan fingerprint density at radius 3 is 2.81 bits per heavy atom. The van der Waals surface area contributed by atoms with Crippen molar-refractivity contribution in [3.63, 3.8) is 0 Å². The van der Waals surface area contributed by atoms with Crippen molar-refractivity contribution >= 4 is 62.5 Å². The Labute approximate surface area is 169 Å². The fraction of sp³-hybridized carbons (Fsp3) is 0.105. The first-order valence-electron chi connectivity index (χ1n) is 8.18. The lowest BCUT2D eigenvalue weighted by atomic mass is 10.3. The summed E-state index contributed by atoms with van der Waals surface area (Å²) in [5, 5.41) is 4.13. The van der Waals surface area contributed by atoms with Gasteiger partial charge < -0.3 is 4.98 Å². The number of amides is 1. The molecule has 0 bridgehead atoms. The van der Waals surface area contributed by atoms with Crippen LogP contribution < -0.4 is 4.90 Å². The minimum atomic E-state index is -0.0658. The Morgan fingerprint density at radius 1 is 1.22 bits per heavy atom. The monoisotopic (exact) mass is 414 g/mol. The summed E-state index contributed by atoms with van der Waals surface area (Å²) in [5.74, 6) is 0.592. The molecule has 0 aliphatic carbocycles. The maximum atomic E-state index is 12.1. The molecule has 0 aliphatic heterocycles. The van der Waals surface area contributed by atoms with E-state index in [1.165, 1.54) is 11.3 Å². The zero-order chi connectivity index (χ0) is 18.8. The average Bonchev–Trinajstić information content (AvgIpc) is 3.27. The zero-order valence-electron chi connectivity index (χ0n) is 14.3. The third-order valence-electron chi connectivity index (χ3n) is 3.84. The molecule has 27 heavy (non-hydrogen) atoms. The number of anilines is 2. The summed E-state index contributed by atoms with van der Waals surface area (Å²) in [6.45, 7) is 1.54. The van der Waals surface area contributed by atoms with Crippen molar-refractivity contribution in [3.05, 3.63) is 64.6 Å². The summed E-state index contributed by atoms with van der Waals surface area (Å²) in [6, 6.07) is 15.1. The quantitative estimate of drug-likeness (QED) is 0.428. The molecule has 0 atom stereocenters. The van der Waals surface area contributed by atoms with Crippen LogP contribution in [0, 0.1) is 0 Å². The molecule has 0 saturated heterocycles. The van der Waals surface area contributed by atoms with Gasteiger partial charge in [-0.25, -0.2) is 9.97 Å². The molecule has 2 aromatic carbocycles. The number of thiazole rings is 1. The van der Waals surface area contributed by atoms with Gasteiger partial charge in [-0.2, -0.15) is 0 Å². The number of nitrogens with zero attached hydrogens (tertiary/aromatic N) is 3. The Morgan fingerprint density at radius 2 is 2.04 bits per heavy atom. The van der Waals surface area contributed by atoms with Crippen molar-refractivity contribution in [1.82, 2.24) is 15.0 Å². The van der Waals surface area contributed by atoms with Crippen LogP contribution in [0.5, 0.6) is 0 Å². The zero-order valence-corrected chi connectivity index (χ0v) is 16.7. The number of aromatic nitrogens is 3. The highest BCUT2D eigenvalue weighted by atomic mass is 35.5. The van der Waals surface area contributed by atoms with Gasteiger partial charge in [0, 0.05) is 23.1 Å². The molecule has 4 aromatic rings. The summed E-state index contributed by atoms with van der Waals surface area (Å²) in [7, 11) is 0. The Balaban J connectivity index is 1.50. The molecule has 5 nitrogen and oxygen atoms in total. The number of hydrogen-bond acceptors (Lipinski definition) is 5. The summed E-state index contributed by atoms with van der Waals surface area (Å²) in [5.41, 5.74) is 3.51. The molecule has 1 N–H and O–H groups in total. The van der Waals surface area contributed by atoms with E-state index in [1.54, 1.807) is 23.6 Å². The largest absolute Gasteiger partial charge is 0.333 e. The van der Waals surface area contributed by atoms with Crippen LogP contribution in [0.15, 0.2) is 59.1 Å². The smallest absolute Gasteiger partial charge is 0.230 e. The molecule has 2 heterocycles. The molecular formula is C19H15ClN4OS2. The van der Waals surface area contributed by atoms with Gasteiger partial charge in [0.2, 0.25) is 5.91 Å². The predicted molar refractivity (Wildman–Crippen MR) is 112 cm³/mol. The topological polar surface area (TPSA) is 61.9 Å². The lowest BCUT2D eigenvalue weighted by Gasteiger charge is -2.17. The van der Waals surface area contributed by atoms with E-state index in [2.05, 4.69) is 15.0 Å². The molecule has 0 unspecified atom stereocenters. The van der Waals surface area contributed by atoms with E-state index in [4.69, 9.17) is 11.6 Å². The van der Waals surface area contributed by atoms with Gasteiger partial charge in [0.05, 0.1) is 22.4 Å². The third kappa shape index (κ3) is 4.00. The van der Waals surface area contributed by atoms with Crippen LogP contribution in [0.3, 0.4) is 0 Å². The number of imidazole rings is 1. The molecule has 0 radical (unpaired) electrons. The lowest BCUT2D eigenvalue weighted by Crippen LogP contribution is -2.22. The number of nitrogens with one attached hydrogen (secondary N) is 1.